The van der Waals surface area contributed by atoms with E-state index in [4.69, 9.17) is 4.52 Å². The fourth-order valence-corrected chi connectivity index (χ4v) is 3.68. The highest BCUT2D eigenvalue weighted by molar-refractivity contribution is 7.16. The Kier molecular flexibility index (Phi) is 4.67. The molecule has 1 N–H and O–H groups in total. The Hall–Kier alpha value is -2.73. The number of anilines is 1. The number of nitrogens with zero attached hydrogens (tertiary/aromatic N) is 2. The van der Waals surface area contributed by atoms with E-state index in [-0.39, 0.29) is 5.91 Å². The standard InChI is InChI=1S/C20H19N3O2S/c1-13-16(21-18(24)11-10-14-6-3-2-4-7-14)12-17(26-13)19-22-20(25-23-19)15-8-5-9-15/h2-4,6-7,10-12,15H,5,8-9H2,1H3,(H,21,24)/b11-10+. The summed E-state index contributed by atoms with van der Waals surface area (Å²) >= 11 is 1.55. The highest BCUT2D eigenvalue weighted by atomic mass is 32.1. The lowest BCUT2D eigenvalue weighted by atomic mass is 9.85. The van der Waals surface area contributed by atoms with E-state index < -0.39 is 0 Å². The number of aryl methyl sites for hydroxylation is 1. The van der Waals surface area contributed by atoms with Crippen LogP contribution < -0.4 is 5.32 Å². The van der Waals surface area contributed by atoms with Crippen LogP contribution >= 0.6 is 11.3 Å². The normalized spacial score (nSPS) is 14.5. The number of amides is 1. The molecule has 1 amide bonds. The Bertz CT molecular complexity index is 939. The summed E-state index contributed by atoms with van der Waals surface area (Å²) in [6, 6.07) is 11.6. The summed E-state index contributed by atoms with van der Waals surface area (Å²) in [7, 11) is 0. The zero-order chi connectivity index (χ0) is 17.9. The molecule has 1 aliphatic rings. The zero-order valence-electron chi connectivity index (χ0n) is 14.4. The molecule has 0 unspecified atom stereocenters. The third-order valence-corrected chi connectivity index (χ3v) is 5.57. The van der Waals surface area contributed by atoms with Crippen molar-refractivity contribution in [2.45, 2.75) is 32.1 Å². The molecular weight excluding hydrogens is 346 g/mol. The summed E-state index contributed by atoms with van der Waals surface area (Å²) in [5, 5.41) is 7.02. The number of carbonyl (C=O) groups is 1. The van der Waals surface area contributed by atoms with Crippen molar-refractivity contribution in [2.24, 2.45) is 0 Å². The van der Waals surface area contributed by atoms with Gasteiger partial charge in [0.25, 0.3) is 0 Å². The van der Waals surface area contributed by atoms with Crippen LogP contribution in [-0.4, -0.2) is 16.0 Å². The van der Waals surface area contributed by atoms with Gasteiger partial charge in [0.2, 0.25) is 17.6 Å². The van der Waals surface area contributed by atoms with Crippen LogP contribution in [0.4, 0.5) is 5.69 Å². The molecule has 132 valence electrons. The average Bonchev–Trinajstić information content (AvgIpc) is 3.20. The molecule has 0 saturated heterocycles. The number of hydrogen-bond donors (Lipinski definition) is 1. The molecule has 2 aromatic heterocycles. The minimum absolute atomic E-state index is 0.162. The zero-order valence-corrected chi connectivity index (χ0v) is 15.3. The second-order valence-electron chi connectivity index (χ2n) is 6.40. The largest absolute Gasteiger partial charge is 0.339 e. The fraction of sp³-hybridized carbons (Fsp3) is 0.250. The topological polar surface area (TPSA) is 68.0 Å². The van der Waals surface area contributed by atoms with Crippen LogP contribution in [0, 0.1) is 6.92 Å². The van der Waals surface area contributed by atoms with E-state index in [0.29, 0.717) is 11.7 Å². The minimum Gasteiger partial charge on any atom is -0.339 e. The van der Waals surface area contributed by atoms with Crippen molar-refractivity contribution in [3.05, 3.63) is 58.8 Å². The van der Waals surface area contributed by atoms with Crippen LogP contribution in [0.1, 0.15) is 41.5 Å². The molecule has 4 rings (SSSR count). The first-order chi connectivity index (χ1) is 12.7. The Morgan fingerprint density at radius 1 is 1.31 bits per heavy atom. The molecule has 0 spiro atoms. The molecular formula is C20H19N3O2S. The highest BCUT2D eigenvalue weighted by Crippen LogP contribution is 2.38. The quantitative estimate of drug-likeness (QED) is 0.644. The molecule has 1 saturated carbocycles. The van der Waals surface area contributed by atoms with Crippen molar-refractivity contribution < 1.29 is 9.32 Å². The molecule has 1 fully saturated rings. The van der Waals surface area contributed by atoms with Crippen molar-refractivity contribution in [2.75, 3.05) is 5.32 Å². The summed E-state index contributed by atoms with van der Waals surface area (Å²) in [6.07, 6.45) is 6.81. The Morgan fingerprint density at radius 2 is 2.12 bits per heavy atom. The Morgan fingerprint density at radius 3 is 2.85 bits per heavy atom. The molecule has 5 nitrogen and oxygen atoms in total. The summed E-state index contributed by atoms with van der Waals surface area (Å²) in [4.78, 5) is 18.6. The summed E-state index contributed by atoms with van der Waals surface area (Å²) in [5.41, 5.74) is 1.77. The lowest BCUT2D eigenvalue weighted by Crippen LogP contribution is -2.08. The van der Waals surface area contributed by atoms with Gasteiger partial charge in [0.1, 0.15) is 0 Å². The maximum Gasteiger partial charge on any atom is 0.248 e. The lowest BCUT2D eigenvalue weighted by molar-refractivity contribution is -0.111. The van der Waals surface area contributed by atoms with Crippen molar-refractivity contribution >= 4 is 29.0 Å². The first-order valence-corrected chi connectivity index (χ1v) is 9.49. The predicted molar refractivity (Wildman–Crippen MR) is 103 cm³/mol. The van der Waals surface area contributed by atoms with Crippen LogP contribution in [0.25, 0.3) is 16.8 Å². The maximum atomic E-state index is 12.2. The van der Waals surface area contributed by atoms with Crippen LogP contribution in [0.3, 0.4) is 0 Å². The second-order valence-corrected chi connectivity index (χ2v) is 7.65. The number of benzene rings is 1. The predicted octanol–water partition coefficient (Wildman–Crippen LogP) is 5.03. The smallest absolute Gasteiger partial charge is 0.248 e. The average molecular weight is 365 g/mol. The highest BCUT2D eigenvalue weighted by Gasteiger charge is 2.26. The fourth-order valence-electron chi connectivity index (χ4n) is 2.78. The van der Waals surface area contributed by atoms with E-state index >= 15 is 0 Å². The van der Waals surface area contributed by atoms with Crippen molar-refractivity contribution in [1.82, 2.24) is 10.1 Å². The van der Waals surface area contributed by atoms with Crippen LogP contribution in [0.15, 0.2) is 47.0 Å². The lowest BCUT2D eigenvalue weighted by Gasteiger charge is -2.20. The number of nitrogens with one attached hydrogen (secondary N) is 1. The first kappa shape index (κ1) is 16.7. The van der Waals surface area contributed by atoms with Gasteiger partial charge in [-0.05, 0) is 37.5 Å². The van der Waals surface area contributed by atoms with Gasteiger partial charge >= 0.3 is 0 Å². The monoisotopic (exact) mass is 365 g/mol. The van der Waals surface area contributed by atoms with Gasteiger partial charge in [-0.1, -0.05) is 41.9 Å². The molecule has 2 heterocycles. The molecule has 0 atom stereocenters. The molecule has 0 aliphatic heterocycles. The molecule has 26 heavy (non-hydrogen) atoms. The van der Waals surface area contributed by atoms with Gasteiger partial charge in [-0.2, -0.15) is 4.98 Å². The van der Waals surface area contributed by atoms with Crippen molar-refractivity contribution in [3.8, 4) is 10.7 Å². The second kappa shape index (κ2) is 7.25. The molecule has 0 radical (unpaired) electrons. The third-order valence-electron chi connectivity index (χ3n) is 4.52. The van der Waals surface area contributed by atoms with E-state index in [9.17, 15) is 4.79 Å². The van der Waals surface area contributed by atoms with Gasteiger partial charge in [0.15, 0.2) is 0 Å². The molecule has 1 aliphatic carbocycles. The number of carbonyl (C=O) groups excluding carboxylic acids is 1. The van der Waals surface area contributed by atoms with Gasteiger partial charge in [0.05, 0.1) is 10.6 Å². The van der Waals surface area contributed by atoms with Gasteiger partial charge in [0, 0.05) is 16.9 Å². The summed E-state index contributed by atoms with van der Waals surface area (Å²) < 4.78 is 5.39. The van der Waals surface area contributed by atoms with E-state index in [2.05, 4.69) is 15.5 Å². The van der Waals surface area contributed by atoms with Gasteiger partial charge in [-0.15, -0.1) is 11.3 Å². The van der Waals surface area contributed by atoms with E-state index in [1.165, 1.54) is 12.5 Å². The molecule has 0 bridgehead atoms. The summed E-state index contributed by atoms with van der Waals surface area (Å²) in [6.45, 7) is 1.97. The van der Waals surface area contributed by atoms with E-state index in [0.717, 1.165) is 39.7 Å². The van der Waals surface area contributed by atoms with Gasteiger partial charge in [-0.3, -0.25) is 4.79 Å². The SMILES string of the molecule is Cc1sc(-c2noc(C3CCC3)n2)cc1NC(=O)/C=C/c1ccccc1. The first-order valence-electron chi connectivity index (χ1n) is 8.67. The number of thiophene rings is 1. The van der Waals surface area contributed by atoms with Crippen LogP contribution in [-0.2, 0) is 4.79 Å². The molecule has 1 aromatic carbocycles. The van der Waals surface area contributed by atoms with Gasteiger partial charge < -0.3 is 9.84 Å². The summed E-state index contributed by atoms with van der Waals surface area (Å²) in [5.74, 6) is 1.58. The number of rotatable bonds is 5. The van der Waals surface area contributed by atoms with Crippen molar-refractivity contribution in [3.63, 3.8) is 0 Å². The van der Waals surface area contributed by atoms with Crippen LogP contribution in [0.5, 0.6) is 0 Å². The van der Waals surface area contributed by atoms with E-state index in [1.54, 1.807) is 17.4 Å². The Labute approximate surface area is 155 Å². The number of hydrogen-bond acceptors (Lipinski definition) is 5. The van der Waals surface area contributed by atoms with Gasteiger partial charge in [-0.25, -0.2) is 0 Å². The third kappa shape index (κ3) is 3.60. The maximum absolute atomic E-state index is 12.2. The molecule has 3 aromatic rings. The minimum atomic E-state index is -0.162. The van der Waals surface area contributed by atoms with Crippen molar-refractivity contribution in [1.29, 1.82) is 0 Å². The van der Waals surface area contributed by atoms with Crippen LogP contribution in [0.2, 0.25) is 0 Å². The van der Waals surface area contributed by atoms with E-state index in [1.807, 2.05) is 43.3 Å². The molecule has 6 heteroatoms. The number of aromatic nitrogens is 2. The Balaban J connectivity index is 1.45.